The molecule has 0 spiro atoms. The Kier molecular flexibility index (Phi) is 2.85. The van der Waals surface area contributed by atoms with Crippen LogP contribution < -0.4 is 0 Å². The highest BCUT2D eigenvalue weighted by Crippen LogP contribution is 2.28. The van der Waals surface area contributed by atoms with Crippen molar-refractivity contribution in [3.8, 4) is 17.3 Å². The van der Waals surface area contributed by atoms with Crippen LogP contribution in [0.5, 0.6) is 0 Å². The Labute approximate surface area is 132 Å². The number of hydrogen-bond donors (Lipinski definition) is 0. The molecule has 4 heteroatoms. The van der Waals surface area contributed by atoms with Gasteiger partial charge >= 0.3 is 0 Å². The molecule has 0 N–H and O–H groups in total. The summed E-state index contributed by atoms with van der Waals surface area (Å²) in [6.45, 7) is 0. The van der Waals surface area contributed by atoms with E-state index in [0.717, 1.165) is 16.3 Å². The summed E-state index contributed by atoms with van der Waals surface area (Å²) >= 11 is 6.02. The van der Waals surface area contributed by atoms with Crippen LogP contribution in [0.3, 0.4) is 0 Å². The minimum Gasteiger partial charge on any atom is -0.289 e. The van der Waals surface area contributed by atoms with E-state index in [0.29, 0.717) is 22.1 Å². The number of fused-ring (bicyclic) bond motifs is 2. The molecule has 0 unspecified atom stereocenters. The van der Waals surface area contributed by atoms with Crippen LogP contribution in [0.2, 0.25) is 5.02 Å². The minimum atomic E-state index is 0.493. The molecule has 0 radical (unpaired) electrons. The Balaban J connectivity index is 2.01. The third kappa shape index (κ3) is 1.93. The van der Waals surface area contributed by atoms with Crippen LogP contribution in [0.15, 0.2) is 60.8 Å². The van der Waals surface area contributed by atoms with E-state index in [-0.39, 0.29) is 0 Å². The molecule has 4 aromatic rings. The van der Waals surface area contributed by atoms with Crippen molar-refractivity contribution in [1.82, 2.24) is 9.38 Å². The first kappa shape index (κ1) is 12.9. The molecule has 0 saturated carbocycles. The highest BCUT2D eigenvalue weighted by atomic mass is 35.5. The summed E-state index contributed by atoms with van der Waals surface area (Å²) in [4.78, 5) is 4.58. The van der Waals surface area contributed by atoms with Gasteiger partial charge < -0.3 is 0 Å². The highest BCUT2D eigenvalue weighted by molar-refractivity contribution is 6.30. The second kappa shape index (κ2) is 4.87. The Hall–Kier alpha value is -2.83. The molecule has 0 bridgehead atoms. The number of hydrogen-bond acceptors (Lipinski definition) is 2. The number of benzene rings is 2. The fraction of sp³-hybridized carbons (Fsp3) is 0. The maximum atomic E-state index is 9.52. The molecule has 22 heavy (non-hydrogen) atoms. The molecule has 104 valence electrons. The predicted molar refractivity (Wildman–Crippen MR) is 87.9 cm³/mol. The van der Waals surface area contributed by atoms with Gasteiger partial charge in [0.2, 0.25) is 0 Å². The van der Waals surface area contributed by atoms with Crippen molar-refractivity contribution >= 4 is 28.0 Å². The normalized spacial score (nSPS) is 10.9. The zero-order valence-electron chi connectivity index (χ0n) is 11.5. The van der Waals surface area contributed by atoms with Crippen molar-refractivity contribution in [3.63, 3.8) is 0 Å². The van der Waals surface area contributed by atoms with Crippen molar-refractivity contribution in [1.29, 1.82) is 5.26 Å². The Morgan fingerprint density at radius 2 is 1.82 bits per heavy atom. The van der Waals surface area contributed by atoms with Crippen LogP contribution in [0.1, 0.15) is 5.69 Å². The average Bonchev–Trinajstić information content (AvgIpc) is 2.92. The highest BCUT2D eigenvalue weighted by Gasteiger charge is 2.14. The van der Waals surface area contributed by atoms with Crippen molar-refractivity contribution < 1.29 is 0 Å². The van der Waals surface area contributed by atoms with Gasteiger partial charge in [0.1, 0.15) is 17.4 Å². The largest absolute Gasteiger partial charge is 0.289 e. The van der Waals surface area contributed by atoms with Gasteiger partial charge in [-0.2, -0.15) is 5.26 Å². The van der Waals surface area contributed by atoms with E-state index < -0.39 is 0 Å². The lowest BCUT2D eigenvalue weighted by molar-refractivity contribution is 1.15. The van der Waals surface area contributed by atoms with Gasteiger partial charge in [-0.25, -0.2) is 4.98 Å². The quantitative estimate of drug-likeness (QED) is 0.512. The van der Waals surface area contributed by atoms with Crippen molar-refractivity contribution in [3.05, 3.63) is 71.5 Å². The smallest absolute Gasteiger partial charge is 0.152 e. The van der Waals surface area contributed by atoms with Gasteiger partial charge in [-0.3, -0.25) is 4.40 Å². The Bertz CT molecular complexity index is 1060. The molecule has 4 rings (SSSR count). The molecule has 0 saturated heterocycles. The SMILES string of the molecule is N#Cc1c(-c2ccc3ccccc3c2)nc2ccc(Cl)cn12. The van der Waals surface area contributed by atoms with E-state index in [1.54, 1.807) is 16.7 Å². The molecule has 3 nitrogen and oxygen atoms in total. The molecule has 0 aliphatic rings. The standard InChI is InChI=1S/C18H10ClN3/c19-15-7-8-17-21-18(16(10-20)22(17)11-15)14-6-5-12-3-1-2-4-13(12)9-14/h1-9,11H. The van der Waals surface area contributed by atoms with Crippen LogP contribution in [-0.2, 0) is 0 Å². The van der Waals surface area contributed by atoms with Crippen molar-refractivity contribution in [2.75, 3.05) is 0 Å². The molecule has 2 aromatic heterocycles. The number of nitrogens with zero attached hydrogens (tertiary/aromatic N) is 3. The fourth-order valence-corrected chi connectivity index (χ4v) is 2.82. The first-order chi connectivity index (χ1) is 10.8. The number of halogens is 1. The van der Waals surface area contributed by atoms with Gasteiger partial charge in [0.25, 0.3) is 0 Å². The van der Waals surface area contributed by atoms with E-state index in [9.17, 15) is 5.26 Å². The van der Waals surface area contributed by atoms with E-state index in [2.05, 4.69) is 29.3 Å². The van der Waals surface area contributed by atoms with Crippen LogP contribution >= 0.6 is 11.6 Å². The summed E-state index contributed by atoms with van der Waals surface area (Å²) in [6, 6.07) is 20.0. The van der Waals surface area contributed by atoms with Gasteiger partial charge in [0.15, 0.2) is 5.69 Å². The summed E-state index contributed by atoms with van der Waals surface area (Å²) in [6.07, 6.45) is 1.72. The summed E-state index contributed by atoms with van der Waals surface area (Å²) in [7, 11) is 0. The van der Waals surface area contributed by atoms with Gasteiger partial charge in [-0.05, 0) is 29.0 Å². The Morgan fingerprint density at radius 3 is 2.64 bits per heavy atom. The number of rotatable bonds is 1. The molecular weight excluding hydrogens is 294 g/mol. The molecule has 0 amide bonds. The van der Waals surface area contributed by atoms with Crippen LogP contribution in [0, 0.1) is 11.3 Å². The summed E-state index contributed by atoms with van der Waals surface area (Å²) in [5.41, 5.74) is 2.81. The van der Waals surface area contributed by atoms with Gasteiger partial charge in [0.05, 0.1) is 5.02 Å². The molecule has 0 aliphatic heterocycles. The maximum absolute atomic E-state index is 9.52. The van der Waals surface area contributed by atoms with Gasteiger partial charge in [-0.1, -0.05) is 48.0 Å². The lowest BCUT2D eigenvalue weighted by Crippen LogP contribution is -1.88. The molecule has 2 aromatic carbocycles. The fourth-order valence-electron chi connectivity index (χ4n) is 2.66. The summed E-state index contributed by atoms with van der Waals surface area (Å²) in [5, 5.41) is 12.4. The second-order valence-corrected chi connectivity index (χ2v) is 5.49. The van der Waals surface area contributed by atoms with E-state index in [4.69, 9.17) is 11.6 Å². The Morgan fingerprint density at radius 1 is 1.00 bits per heavy atom. The first-order valence-corrected chi connectivity index (χ1v) is 7.21. The van der Waals surface area contributed by atoms with E-state index in [1.807, 2.05) is 30.3 Å². The average molecular weight is 304 g/mol. The number of imidazole rings is 1. The van der Waals surface area contributed by atoms with Gasteiger partial charge in [-0.15, -0.1) is 0 Å². The summed E-state index contributed by atoms with van der Waals surface area (Å²) in [5.74, 6) is 0. The lowest BCUT2D eigenvalue weighted by atomic mass is 10.0. The topological polar surface area (TPSA) is 41.1 Å². The van der Waals surface area contributed by atoms with Crippen molar-refractivity contribution in [2.45, 2.75) is 0 Å². The number of pyridine rings is 1. The summed E-state index contributed by atoms with van der Waals surface area (Å²) < 4.78 is 1.73. The zero-order chi connectivity index (χ0) is 15.1. The zero-order valence-corrected chi connectivity index (χ0v) is 12.2. The third-order valence-electron chi connectivity index (χ3n) is 3.71. The minimum absolute atomic E-state index is 0.493. The molecule has 0 aliphatic carbocycles. The van der Waals surface area contributed by atoms with Gasteiger partial charge in [0, 0.05) is 11.8 Å². The van der Waals surface area contributed by atoms with Crippen LogP contribution in [-0.4, -0.2) is 9.38 Å². The second-order valence-electron chi connectivity index (χ2n) is 5.06. The first-order valence-electron chi connectivity index (χ1n) is 6.83. The predicted octanol–water partition coefficient (Wildman–Crippen LogP) is 4.68. The monoisotopic (exact) mass is 303 g/mol. The van der Waals surface area contributed by atoms with E-state index >= 15 is 0 Å². The third-order valence-corrected chi connectivity index (χ3v) is 3.93. The molecule has 2 heterocycles. The van der Waals surface area contributed by atoms with Crippen molar-refractivity contribution in [2.24, 2.45) is 0 Å². The maximum Gasteiger partial charge on any atom is 0.152 e. The number of nitriles is 1. The van der Waals surface area contributed by atoms with E-state index in [1.165, 1.54) is 0 Å². The molecular formula is C18H10ClN3. The van der Waals surface area contributed by atoms with Crippen LogP contribution in [0.4, 0.5) is 0 Å². The lowest BCUT2D eigenvalue weighted by Gasteiger charge is -2.01. The number of aromatic nitrogens is 2. The molecule has 0 atom stereocenters. The molecule has 0 fully saturated rings. The van der Waals surface area contributed by atoms with Crippen LogP contribution in [0.25, 0.3) is 27.7 Å².